The zero-order valence-corrected chi connectivity index (χ0v) is 15.7. The number of carbonyl (C=O) groups is 1. The van der Waals surface area contributed by atoms with Crippen LogP contribution in [0.25, 0.3) is 5.69 Å². The molecule has 2 aromatic carbocycles. The summed E-state index contributed by atoms with van der Waals surface area (Å²) in [5.41, 5.74) is 5.96. The molecule has 26 heavy (non-hydrogen) atoms. The van der Waals surface area contributed by atoms with Crippen molar-refractivity contribution in [1.29, 1.82) is 0 Å². The Labute approximate surface area is 154 Å². The van der Waals surface area contributed by atoms with E-state index in [-0.39, 0.29) is 12.3 Å². The molecule has 0 atom stereocenters. The second-order valence-electron chi connectivity index (χ2n) is 6.46. The first-order chi connectivity index (χ1) is 12.5. The maximum Gasteiger partial charge on any atom is 0.183 e. The second-order valence-corrected chi connectivity index (χ2v) is 6.46. The molecule has 0 aliphatic heterocycles. The quantitative estimate of drug-likeness (QED) is 0.656. The number of rotatable bonds is 6. The molecule has 0 saturated heterocycles. The highest BCUT2D eigenvalue weighted by Crippen LogP contribution is 2.22. The van der Waals surface area contributed by atoms with E-state index < -0.39 is 0 Å². The van der Waals surface area contributed by atoms with Crippen molar-refractivity contribution in [3.8, 4) is 11.4 Å². The minimum absolute atomic E-state index is 0.0762. The normalized spacial score (nSPS) is 10.6. The molecule has 0 bridgehead atoms. The highest BCUT2D eigenvalue weighted by atomic mass is 16.5. The molecule has 3 aromatic rings. The lowest BCUT2D eigenvalue weighted by Crippen LogP contribution is -2.14. The first-order valence-corrected chi connectivity index (χ1v) is 8.66. The van der Waals surface area contributed by atoms with Gasteiger partial charge in [0.15, 0.2) is 5.78 Å². The van der Waals surface area contributed by atoms with E-state index >= 15 is 0 Å². The molecule has 0 unspecified atom stereocenters. The van der Waals surface area contributed by atoms with Crippen LogP contribution in [-0.4, -0.2) is 24.0 Å². The van der Waals surface area contributed by atoms with Crippen LogP contribution < -0.4 is 10.1 Å². The van der Waals surface area contributed by atoms with Crippen molar-refractivity contribution >= 4 is 11.5 Å². The molecular weight excluding hydrogens is 324 g/mol. The average molecular weight is 348 g/mol. The van der Waals surface area contributed by atoms with E-state index in [4.69, 9.17) is 4.74 Å². The number of nitrogens with zero attached hydrogens (tertiary/aromatic N) is 1. The van der Waals surface area contributed by atoms with Gasteiger partial charge in [-0.2, -0.15) is 0 Å². The number of methoxy groups -OCH3 is 1. The number of anilines is 1. The van der Waals surface area contributed by atoms with E-state index in [1.165, 1.54) is 5.56 Å². The Morgan fingerprint density at radius 3 is 2.27 bits per heavy atom. The Balaban J connectivity index is 1.77. The number of hydrogen-bond donors (Lipinski definition) is 1. The number of nitrogens with one attached hydrogen (secondary N) is 1. The fraction of sp³-hybridized carbons (Fsp3) is 0.227. The van der Waals surface area contributed by atoms with Crippen LogP contribution in [0.5, 0.6) is 5.75 Å². The highest BCUT2D eigenvalue weighted by Gasteiger charge is 2.16. The van der Waals surface area contributed by atoms with Gasteiger partial charge in [-0.1, -0.05) is 17.7 Å². The predicted molar refractivity (Wildman–Crippen MR) is 106 cm³/mol. The van der Waals surface area contributed by atoms with Crippen LogP contribution in [0.1, 0.15) is 27.3 Å². The largest absolute Gasteiger partial charge is 0.497 e. The van der Waals surface area contributed by atoms with Gasteiger partial charge in [-0.05, 0) is 63.2 Å². The van der Waals surface area contributed by atoms with Crippen molar-refractivity contribution in [2.75, 3.05) is 19.0 Å². The minimum atomic E-state index is 0.0762. The fourth-order valence-corrected chi connectivity index (χ4v) is 3.12. The Kier molecular flexibility index (Phi) is 5.12. The Hall–Kier alpha value is -3.01. The van der Waals surface area contributed by atoms with Crippen LogP contribution in [0.3, 0.4) is 0 Å². The van der Waals surface area contributed by atoms with Crippen molar-refractivity contribution < 1.29 is 9.53 Å². The molecule has 0 aliphatic carbocycles. The number of carbonyl (C=O) groups excluding carboxylic acids is 1. The highest BCUT2D eigenvalue weighted by molar-refractivity contribution is 6.00. The van der Waals surface area contributed by atoms with E-state index in [2.05, 4.69) is 41.1 Å². The number of benzene rings is 2. The predicted octanol–water partition coefficient (Wildman–Crippen LogP) is 4.71. The summed E-state index contributed by atoms with van der Waals surface area (Å²) in [5, 5.41) is 3.18. The molecule has 1 N–H and O–H groups in total. The summed E-state index contributed by atoms with van der Waals surface area (Å²) in [5.74, 6) is 0.871. The number of hydrogen-bond acceptors (Lipinski definition) is 3. The molecule has 134 valence electrons. The SMILES string of the molecule is COc1ccc(NCC(=O)c2cc(C)n(-c3ccc(C)cc3)c2C)cc1. The van der Waals surface area contributed by atoms with Crippen LogP contribution >= 0.6 is 0 Å². The van der Waals surface area contributed by atoms with Gasteiger partial charge in [-0.25, -0.2) is 0 Å². The van der Waals surface area contributed by atoms with Gasteiger partial charge in [0.2, 0.25) is 0 Å². The molecule has 0 radical (unpaired) electrons. The zero-order chi connectivity index (χ0) is 18.7. The van der Waals surface area contributed by atoms with Gasteiger partial charge in [0.05, 0.1) is 13.7 Å². The van der Waals surface area contributed by atoms with Crippen molar-refractivity contribution in [3.63, 3.8) is 0 Å². The van der Waals surface area contributed by atoms with Gasteiger partial charge in [-0.15, -0.1) is 0 Å². The molecule has 4 nitrogen and oxygen atoms in total. The molecule has 4 heteroatoms. The summed E-state index contributed by atoms with van der Waals surface area (Å²) in [4.78, 5) is 12.7. The Bertz CT molecular complexity index is 907. The molecular formula is C22H24N2O2. The van der Waals surface area contributed by atoms with E-state index in [0.717, 1.165) is 34.1 Å². The number of ketones is 1. The van der Waals surface area contributed by atoms with Gasteiger partial charge < -0.3 is 14.6 Å². The summed E-state index contributed by atoms with van der Waals surface area (Å²) in [6, 6.07) is 17.9. The summed E-state index contributed by atoms with van der Waals surface area (Å²) in [6.45, 7) is 6.34. The molecule has 1 heterocycles. The van der Waals surface area contributed by atoms with Crippen molar-refractivity contribution in [1.82, 2.24) is 4.57 Å². The van der Waals surface area contributed by atoms with Crippen molar-refractivity contribution in [2.45, 2.75) is 20.8 Å². The zero-order valence-electron chi connectivity index (χ0n) is 15.7. The first kappa shape index (κ1) is 17.8. The minimum Gasteiger partial charge on any atom is -0.497 e. The average Bonchev–Trinajstić information content (AvgIpc) is 2.95. The third-order valence-corrected chi connectivity index (χ3v) is 4.57. The standard InChI is InChI=1S/C22H24N2O2/c1-15-5-9-19(10-6-15)24-16(2)13-21(17(24)3)22(25)14-23-18-7-11-20(26-4)12-8-18/h5-13,23H,14H2,1-4H3. The third kappa shape index (κ3) is 3.64. The van der Waals surface area contributed by atoms with Gasteiger partial charge in [0.25, 0.3) is 0 Å². The van der Waals surface area contributed by atoms with Crippen LogP contribution in [0, 0.1) is 20.8 Å². The first-order valence-electron chi connectivity index (χ1n) is 8.66. The third-order valence-electron chi connectivity index (χ3n) is 4.57. The van der Waals surface area contributed by atoms with Crippen LogP contribution in [0.15, 0.2) is 54.6 Å². The number of aromatic nitrogens is 1. The molecule has 3 rings (SSSR count). The lowest BCUT2D eigenvalue weighted by Gasteiger charge is -2.10. The summed E-state index contributed by atoms with van der Waals surface area (Å²) < 4.78 is 7.27. The van der Waals surface area contributed by atoms with Crippen LogP contribution in [-0.2, 0) is 0 Å². The summed E-state index contributed by atoms with van der Waals surface area (Å²) in [7, 11) is 1.63. The molecule has 0 amide bonds. The van der Waals surface area contributed by atoms with E-state index in [1.54, 1.807) is 7.11 Å². The Morgan fingerprint density at radius 2 is 1.65 bits per heavy atom. The van der Waals surface area contributed by atoms with Crippen LogP contribution in [0.4, 0.5) is 5.69 Å². The lowest BCUT2D eigenvalue weighted by molar-refractivity contribution is 0.101. The van der Waals surface area contributed by atoms with Gasteiger partial charge in [-0.3, -0.25) is 4.79 Å². The van der Waals surface area contributed by atoms with Crippen molar-refractivity contribution in [3.05, 3.63) is 77.1 Å². The maximum absolute atomic E-state index is 12.7. The summed E-state index contributed by atoms with van der Waals surface area (Å²) >= 11 is 0. The number of ether oxygens (including phenoxy) is 1. The molecule has 1 aromatic heterocycles. The van der Waals surface area contributed by atoms with E-state index in [1.807, 2.05) is 44.2 Å². The molecule has 0 fully saturated rings. The topological polar surface area (TPSA) is 43.3 Å². The van der Waals surface area contributed by atoms with Crippen LogP contribution in [0.2, 0.25) is 0 Å². The fourth-order valence-electron chi connectivity index (χ4n) is 3.12. The van der Waals surface area contributed by atoms with Gasteiger partial charge in [0.1, 0.15) is 5.75 Å². The molecule has 0 saturated carbocycles. The monoisotopic (exact) mass is 348 g/mol. The van der Waals surface area contributed by atoms with E-state index in [9.17, 15) is 4.79 Å². The smallest absolute Gasteiger partial charge is 0.183 e. The van der Waals surface area contributed by atoms with Crippen molar-refractivity contribution in [2.24, 2.45) is 0 Å². The lowest BCUT2D eigenvalue weighted by atomic mass is 10.1. The second kappa shape index (κ2) is 7.48. The molecule has 0 aliphatic rings. The summed E-state index contributed by atoms with van der Waals surface area (Å²) in [6.07, 6.45) is 0. The van der Waals surface area contributed by atoms with Gasteiger partial charge >= 0.3 is 0 Å². The van der Waals surface area contributed by atoms with Gasteiger partial charge in [0, 0.05) is 28.3 Å². The molecule has 0 spiro atoms. The number of Topliss-reactive ketones (excluding diaryl/α,β-unsaturated/α-hetero) is 1. The maximum atomic E-state index is 12.7. The number of aryl methyl sites for hydroxylation is 2. The Morgan fingerprint density at radius 1 is 1.00 bits per heavy atom. The van der Waals surface area contributed by atoms with E-state index in [0.29, 0.717) is 0 Å².